The average Bonchev–Trinajstić information content (AvgIpc) is 3.42. The molecule has 5 N–H and O–H groups in total. The number of aromatic amines is 1. The second-order valence-corrected chi connectivity index (χ2v) is 8.87. The van der Waals surface area contributed by atoms with Crippen molar-refractivity contribution in [3.05, 3.63) is 64.8 Å². The normalized spacial score (nSPS) is 13.7. The van der Waals surface area contributed by atoms with Gasteiger partial charge in [-0.2, -0.15) is 5.10 Å². The molecule has 4 aromatic rings. The Labute approximate surface area is 212 Å². The molecule has 11 nitrogen and oxygen atoms in total. The Hall–Kier alpha value is -4.25. The highest BCUT2D eigenvalue weighted by Crippen LogP contribution is 2.33. The lowest BCUT2D eigenvalue weighted by atomic mass is 10.1. The van der Waals surface area contributed by atoms with E-state index in [1.165, 1.54) is 6.33 Å². The highest BCUT2D eigenvalue weighted by Gasteiger charge is 2.23. The smallest absolute Gasteiger partial charge is 0.219 e. The molecular weight excluding hydrogens is 480 g/mol. The van der Waals surface area contributed by atoms with E-state index in [-0.39, 0.29) is 17.4 Å². The fourth-order valence-corrected chi connectivity index (χ4v) is 4.61. The van der Waals surface area contributed by atoms with Gasteiger partial charge in [-0.25, -0.2) is 15.0 Å². The molecule has 0 saturated carbocycles. The molecule has 1 aromatic carbocycles. The number of pyridine rings is 1. The molecule has 0 unspecified atom stereocenters. The number of H-pyrrole nitrogens is 1. The third-order valence-corrected chi connectivity index (χ3v) is 6.53. The van der Waals surface area contributed by atoms with E-state index in [1.54, 1.807) is 19.3 Å². The highest BCUT2D eigenvalue weighted by atomic mass is 35.5. The van der Waals surface area contributed by atoms with Crippen molar-refractivity contribution in [3.63, 3.8) is 0 Å². The first kappa shape index (κ1) is 23.5. The van der Waals surface area contributed by atoms with E-state index in [1.807, 2.05) is 29.2 Å². The van der Waals surface area contributed by atoms with Crippen molar-refractivity contribution >= 4 is 51.4 Å². The molecule has 3 aromatic heterocycles. The van der Waals surface area contributed by atoms with Gasteiger partial charge >= 0.3 is 0 Å². The van der Waals surface area contributed by atoms with E-state index in [2.05, 4.69) is 30.4 Å². The second kappa shape index (κ2) is 9.78. The number of carbonyl (C=O) groups excluding carboxylic acids is 1. The van der Waals surface area contributed by atoms with Gasteiger partial charge in [0.1, 0.15) is 23.8 Å². The van der Waals surface area contributed by atoms with Crippen molar-refractivity contribution in [3.8, 4) is 0 Å². The number of nitrogens with two attached hydrogens (primary N) is 1. The van der Waals surface area contributed by atoms with Crippen LogP contribution in [0.25, 0.3) is 10.8 Å². The lowest BCUT2D eigenvalue weighted by molar-refractivity contribution is -0.129. The molecule has 1 fully saturated rings. The Balaban J connectivity index is 1.46. The van der Waals surface area contributed by atoms with Crippen LogP contribution in [0, 0.1) is 5.41 Å². The van der Waals surface area contributed by atoms with Gasteiger partial charge in [0.05, 0.1) is 34.7 Å². The van der Waals surface area contributed by atoms with Gasteiger partial charge < -0.3 is 20.9 Å². The Morgan fingerprint density at radius 2 is 2.06 bits per heavy atom. The van der Waals surface area contributed by atoms with Crippen LogP contribution in [0.1, 0.15) is 23.7 Å². The van der Waals surface area contributed by atoms with Gasteiger partial charge in [-0.05, 0) is 17.5 Å². The van der Waals surface area contributed by atoms with Crippen LogP contribution in [0.15, 0.2) is 43.0 Å². The SMILES string of the molecule is CC(=O)N1CCN(c2nc(CNc3ncnc(N)c3C(=N)c3cn[nH]c3)cc3cccc(Cl)c23)CC1. The first-order valence-electron chi connectivity index (χ1n) is 11.4. The molecule has 1 aliphatic rings. The number of benzene rings is 1. The summed E-state index contributed by atoms with van der Waals surface area (Å²) in [5.41, 5.74) is 8.01. The number of fused-ring (bicyclic) bond motifs is 1. The fourth-order valence-electron chi connectivity index (χ4n) is 4.34. The molecule has 1 saturated heterocycles. The van der Waals surface area contributed by atoms with Crippen LogP contribution in [-0.2, 0) is 11.3 Å². The number of amides is 1. The summed E-state index contributed by atoms with van der Waals surface area (Å²) >= 11 is 6.60. The predicted octanol–water partition coefficient (Wildman–Crippen LogP) is 2.68. The van der Waals surface area contributed by atoms with Gasteiger partial charge in [-0.1, -0.05) is 23.7 Å². The van der Waals surface area contributed by atoms with Gasteiger partial charge in [0, 0.05) is 50.2 Å². The van der Waals surface area contributed by atoms with Gasteiger partial charge in [-0.3, -0.25) is 15.3 Å². The Morgan fingerprint density at radius 1 is 1.25 bits per heavy atom. The minimum Gasteiger partial charge on any atom is -0.383 e. The summed E-state index contributed by atoms with van der Waals surface area (Å²) in [5.74, 6) is 1.48. The number of piperazine rings is 1. The fraction of sp³-hybridized carbons (Fsp3) is 0.250. The van der Waals surface area contributed by atoms with E-state index in [9.17, 15) is 4.79 Å². The number of hydrogen-bond donors (Lipinski definition) is 4. The van der Waals surface area contributed by atoms with E-state index >= 15 is 0 Å². The zero-order chi connectivity index (χ0) is 25.2. The molecule has 0 spiro atoms. The first-order valence-corrected chi connectivity index (χ1v) is 11.8. The molecule has 36 heavy (non-hydrogen) atoms. The van der Waals surface area contributed by atoms with Crippen LogP contribution >= 0.6 is 11.6 Å². The van der Waals surface area contributed by atoms with Crippen LogP contribution < -0.4 is 16.0 Å². The Morgan fingerprint density at radius 3 is 2.78 bits per heavy atom. The molecule has 1 amide bonds. The van der Waals surface area contributed by atoms with E-state index in [0.29, 0.717) is 54.7 Å². The number of rotatable bonds is 6. The number of carbonyl (C=O) groups is 1. The number of halogens is 1. The van der Waals surface area contributed by atoms with Crippen LogP contribution in [0.5, 0.6) is 0 Å². The number of aromatic nitrogens is 5. The zero-order valence-corrected chi connectivity index (χ0v) is 20.4. The van der Waals surface area contributed by atoms with Crippen molar-refractivity contribution in [2.45, 2.75) is 13.5 Å². The van der Waals surface area contributed by atoms with Gasteiger partial charge in [0.2, 0.25) is 5.91 Å². The molecule has 4 heterocycles. The van der Waals surface area contributed by atoms with Gasteiger partial charge in [0.25, 0.3) is 0 Å². The molecular formula is C24H25ClN10O. The van der Waals surface area contributed by atoms with Gasteiger partial charge in [-0.15, -0.1) is 0 Å². The molecule has 0 aliphatic carbocycles. The van der Waals surface area contributed by atoms with Crippen LogP contribution in [0.3, 0.4) is 0 Å². The van der Waals surface area contributed by atoms with Crippen molar-refractivity contribution in [2.24, 2.45) is 0 Å². The standard InChI is InChI=1S/C24H25ClN10O/c1-14(36)34-5-7-35(8-6-34)24-19-15(3-2-4-18(19)25)9-17(33-24)12-28-23-20(22(27)29-13-30-23)21(26)16-10-31-32-11-16/h2-4,9-11,13,26H,5-8,12H2,1H3,(H,31,32)(H3,27,28,29,30). The zero-order valence-electron chi connectivity index (χ0n) is 19.6. The summed E-state index contributed by atoms with van der Waals surface area (Å²) in [4.78, 5) is 29.1. The monoisotopic (exact) mass is 504 g/mol. The van der Waals surface area contributed by atoms with Crippen LogP contribution in [0.2, 0.25) is 5.02 Å². The Kier molecular flexibility index (Phi) is 6.38. The van der Waals surface area contributed by atoms with Crippen LogP contribution in [0.4, 0.5) is 17.5 Å². The number of nitrogens with zero attached hydrogens (tertiary/aromatic N) is 6. The molecule has 5 rings (SSSR count). The summed E-state index contributed by atoms with van der Waals surface area (Å²) in [7, 11) is 0. The number of nitrogens with one attached hydrogen (secondary N) is 3. The maximum absolute atomic E-state index is 11.8. The maximum Gasteiger partial charge on any atom is 0.219 e. The molecule has 12 heteroatoms. The van der Waals surface area contributed by atoms with E-state index in [4.69, 9.17) is 27.7 Å². The van der Waals surface area contributed by atoms with Crippen LogP contribution in [-0.4, -0.2) is 67.8 Å². The molecule has 0 radical (unpaired) electrons. The highest BCUT2D eigenvalue weighted by molar-refractivity contribution is 6.36. The predicted molar refractivity (Wildman–Crippen MR) is 140 cm³/mol. The lowest BCUT2D eigenvalue weighted by Crippen LogP contribution is -2.48. The number of nitrogen functional groups attached to an aromatic ring is 1. The maximum atomic E-state index is 11.8. The summed E-state index contributed by atoms with van der Waals surface area (Å²) in [6.07, 6.45) is 4.52. The molecule has 0 atom stereocenters. The third-order valence-electron chi connectivity index (χ3n) is 6.22. The second-order valence-electron chi connectivity index (χ2n) is 8.47. The summed E-state index contributed by atoms with van der Waals surface area (Å²) in [6, 6.07) is 7.75. The Bertz CT molecular complexity index is 1430. The van der Waals surface area contributed by atoms with Crippen molar-refractivity contribution in [2.75, 3.05) is 42.1 Å². The minimum atomic E-state index is 0.0735. The van der Waals surface area contributed by atoms with E-state index in [0.717, 1.165) is 22.3 Å². The summed E-state index contributed by atoms with van der Waals surface area (Å²) < 4.78 is 0. The minimum absolute atomic E-state index is 0.0735. The molecule has 1 aliphatic heterocycles. The average molecular weight is 505 g/mol. The summed E-state index contributed by atoms with van der Waals surface area (Å²) in [6.45, 7) is 4.52. The first-order chi connectivity index (χ1) is 17.4. The third kappa shape index (κ3) is 4.52. The van der Waals surface area contributed by atoms with Crippen molar-refractivity contribution < 1.29 is 4.79 Å². The van der Waals surface area contributed by atoms with Gasteiger partial charge in [0.15, 0.2) is 0 Å². The van der Waals surface area contributed by atoms with Crippen molar-refractivity contribution in [1.29, 1.82) is 5.41 Å². The topological polar surface area (TPSA) is 153 Å². The lowest BCUT2D eigenvalue weighted by Gasteiger charge is -2.35. The number of hydrogen-bond acceptors (Lipinski definition) is 9. The molecule has 0 bridgehead atoms. The van der Waals surface area contributed by atoms with Crippen molar-refractivity contribution in [1.82, 2.24) is 30.0 Å². The largest absolute Gasteiger partial charge is 0.383 e. The number of anilines is 3. The quantitative estimate of drug-likeness (QED) is 0.292. The summed E-state index contributed by atoms with van der Waals surface area (Å²) in [5, 5.41) is 20.9. The van der Waals surface area contributed by atoms with E-state index < -0.39 is 0 Å². The molecule has 184 valence electrons.